The van der Waals surface area contributed by atoms with Gasteiger partial charge in [-0.15, -0.1) is 0 Å². The second kappa shape index (κ2) is 8.17. The molecule has 0 spiro atoms. The Morgan fingerprint density at radius 2 is 1.84 bits per heavy atom. The average molecular weight is 455 g/mol. The van der Waals surface area contributed by atoms with Crippen LogP contribution in [0.4, 0.5) is 24.8 Å². The Kier molecular flexibility index (Phi) is 5.94. The van der Waals surface area contributed by atoms with E-state index in [1.807, 2.05) is 0 Å². The molecule has 166 valence electrons. The molecule has 2 aromatic heterocycles. The fraction of sp³-hybridized carbons (Fsp3) is 0.316. The molecule has 0 saturated heterocycles. The Bertz CT molecular complexity index is 1340. The first-order chi connectivity index (χ1) is 14.5. The van der Waals surface area contributed by atoms with Crippen LogP contribution in [-0.4, -0.2) is 28.7 Å². The third-order valence-electron chi connectivity index (χ3n) is 4.49. The topological polar surface area (TPSA) is 120 Å². The van der Waals surface area contributed by atoms with Crippen LogP contribution in [0.5, 0.6) is 0 Å². The number of aromatic nitrogens is 3. The third-order valence-corrected chi connectivity index (χ3v) is 5.95. The molecule has 3 rings (SSSR count). The number of nitrogen functional groups attached to an aromatic ring is 1. The minimum absolute atomic E-state index is 0.0824. The van der Waals surface area contributed by atoms with E-state index in [4.69, 9.17) is 5.73 Å². The highest BCUT2D eigenvalue weighted by molar-refractivity contribution is 7.92. The number of benzene rings is 1. The first-order valence-corrected chi connectivity index (χ1v) is 11.0. The summed E-state index contributed by atoms with van der Waals surface area (Å²) in [6, 6.07) is 1.34. The third kappa shape index (κ3) is 4.20. The van der Waals surface area contributed by atoms with Gasteiger partial charge in [0.1, 0.15) is 11.3 Å². The minimum Gasteiger partial charge on any atom is -0.368 e. The van der Waals surface area contributed by atoms with Gasteiger partial charge in [0.15, 0.2) is 17.5 Å². The summed E-state index contributed by atoms with van der Waals surface area (Å²) in [7, 11) is -4.07. The minimum atomic E-state index is -4.07. The quantitative estimate of drug-likeness (QED) is 0.551. The van der Waals surface area contributed by atoms with Crippen molar-refractivity contribution in [2.24, 2.45) is 0 Å². The SMILES string of the molecule is CCCS(=O)(=O)Nc1c(F)cc(-c2cc3cnc(N)nc3n(C(C)C)c2=O)c(F)c1F. The van der Waals surface area contributed by atoms with Crippen LogP contribution >= 0.6 is 0 Å². The highest BCUT2D eigenvalue weighted by Crippen LogP contribution is 2.32. The molecule has 0 radical (unpaired) electrons. The van der Waals surface area contributed by atoms with Gasteiger partial charge in [0.25, 0.3) is 5.56 Å². The lowest BCUT2D eigenvalue weighted by Crippen LogP contribution is -2.25. The number of hydrogen-bond donors (Lipinski definition) is 2. The van der Waals surface area contributed by atoms with Gasteiger partial charge in [-0.3, -0.25) is 14.1 Å². The number of nitrogens with two attached hydrogens (primary N) is 1. The van der Waals surface area contributed by atoms with Crippen molar-refractivity contribution < 1.29 is 21.6 Å². The zero-order valence-electron chi connectivity index (χ0n) is 16.9. The maximum atomic E-state index is 14.9. The molecule has 0 unspecified atom stereocenters. The predicted molar refractivity (Wildman–Crippen MR) is 112 cm³/mol. The van der Waals surface area contributed by atoms with Crippen LogP contribution in [-0.2, 0) is 10.0 Å². The number of nitrogens with one attached hydrogen (secondary N) is 1. The van der Waals surface area contributed by atoms with Crippen LogP contribution in [0.3, 0.4) is 0 Å². The molecular formula is C19H20F3N5O3S. The number of halogens is 3. The molecular weight excluding hydrogens is 435 g/mol. The van der Waals surface area contributed by atoms with Crippen molar-refractivity contribution in [3.05, 3.63) is 46.1 Å². The smallest absolute Gasteiger partial charge is 0.260 e. The molecule has 2 heterocycles. The molecule has 0 amide bonds. The fourth-order valence-electron chi connectivity index (χ4n) is 3.17. The second-order valence-corrected chi connectivity index (χ2v) is 9.01. The van der Waals surface area contributed by atoms with E-state index in [9.17, 15) is 26.4 Å². The molecule has 1 aromatic carbocycles. The average Bonchev–Trinajstić information content (AvgIpc) is 2.67. The maximum Gasteiger partial charge on any atom is 0.260 e. The second-order valence-electron chi connectivity index (χ2n) is 7.16. The Morgan fingerprint density at radius 3 is 2.45 bits per heavy atom. The number of nitrogens with zero attached hydrogens (tertiary/aromatic N) is 3. The monoisotopic (exact) mass is 455 g/mol. The molecule has 0 saturated carbocycles. The summed E-state index contributed by atoms with van der Waals surface area (Å²) < 4.78 is 70.8. The predicted octanol–water partition coefficient (Wildman–Crippen LogP) is 3.19. The first-order valence-electron chi connectivity index (χ1n) is 9.33. The lowest BCUT2D eigenvalue weighted by Gasteiger charge is -2.17. The fourth-order valence-corrected chi connectivity index (χ4v) is 4.30. The lowest BCUT2D eigenvalue weighted by molar-refractivity contribution is 0.502. The zero-order chi connectivity index (χ0) is 23.1. The van der Waals surface area contributed by atoms with E-state index in [1.165, 1.54) is 16.8 Å². The molecule has 3 N–H and O–H groups in total. The van der Waals surface area contributed by atoms with Crippen molar-refractivity contribution >= 4 is 32.7 Å². The number of rotatable bonds is 6. The molecule has 0 aliphatic heterocycles. The standard InChI is InChI=1S/C19H20F3N5O3S/c1-4-5-31(29,30)26-16-13(20)7-11(14(21)15(16)22)12-6-10-8-24-19(23)25-17(10)27(9(2)3)18(12)28/h6-9,26H,4-5H2,1-3H3,(H2,23,24,25). The molecule has 0 fully saturated rings. The van der Waals surface area contributed by atoms with Gasteiger partial charge in [0.2, 0.25) is 16.0 Å². The van der Waals surface area contributed by atoms with Crippen molar-refractivity contribution in [2.45, 2.75) is 33.2 Å². The van der Waals surface area contributed by atoms with Gasteiger partial charge >= 0.3 is 0 Å². The van der Waals surface area contributed by atoms with Gasteiger partial charge in [-0.25, -0.2) is 26.6 Å². The largest absolute Gasteiger partial charge is 0.368 e. The van der Waals surface area contributed by atoms with E-state index in [2.05, 4.69) is 9.97 Å². The normalized spacial score (nSPS) is 12.0. The van der Waals surface area contributed by atoms with Gasteiger partial charge in [-0.05, 0) is 32.4 Å². The number of hydrogen-bond acceptors (Lipinski definition) is 6. The van der Waals surface area contributed by atoms with Gasteiger partial charge < -0.3 is 5.73 Å². The zero-order valence-corrected chi connectivity index (χ0v) is 17.7. The number of fused-ring (bicyclic) bond motifs is 1. The molecule has 12 heteroatoms. The van der Waals surface area contributed by atoms with Gasteiger partial charge in [0.05, 0.1) is 11.3 Å². The number of sulfonamides is 1. The van der Waals surface area contributed by atoms with E-state index in [1.54, 1.807) is 25.5 Å². The molecule has 0 aliphatic carbocycles. The Morgan fingerprint density at radius 1 is 1.16 bits per heavy atom. The van der Waals surface area contributed by atoms with E-state index < -0.39 is 56.1 Å². The highest BCUT2D eigenvalue weighted by Gasteiger charge is 2.25. The van der Waals surface area contributed by atoms with Crippen LogP contribution in [0.2, 0.25) is 0 Å². The van der Waals surface area contributed by atoms with Crippen molar-refractivity contribution in [2.75, 3.05) is 16.2 Å². The summed E-state index contributed by atoms with van der Waals surface area (Å²) in [6.45, 7) is 4.91. The Hall–Kier alpha value is -3.15. The van der Waals surface area contributed by atoms with E-state index >= 15 is 0 Å². The summed E-state index contributed by atoms with van der Waals surface area (Å²) >= 11 is 0. The van der Waals surface area contributed by atoms with Crippen molar-refractivity contribution in [1.82, 2.24) is 14.5 Å². The van der Waals surface area contributed by atoms with Gasteiger partial charge in [-0.1, -0.05) is 6.92 Å². The van der Waals surface area contributed by atoms with Gasteiger partial charge in [0, 0.05) is 23.2 Å². The number of pyridine rings is 1. The molecule has 31 heavy (non-hydrogen) atoms. The van der Waals surface area contributed by atoms with Crippen molar-refractivity contribution in [3.8, 4) is 11.1 Å². The summed E-state index contributed by atoms with van der Waals surface area (Å²) in [5.41, 5.74) is 2.88. The van der Waals surface area contributed by atoms with E-state index in [0.717, 1.165) is 0 Å². The molecule has 8 nitrogen and oxygen atoms in total. The molecule has 0 aliphatic rings. The van der Waals surface area contributed by atoms with Gasteiger partial charge in [-0.2, -0.15) is 4.98 Å². The molecule has 0 bridgehead atoms. The highest BCUT2D eigenvalue weighted by atomic mass is 32.2. The summed E-state index contributed by atoms with van der Waals surface area (Å²) in [6.07, 6.45) is 1.49. The van der Waals surface area contributed by atoms with Crippen LogP contribution in [0.1, 0.15) is 33.2 Å². The number of anilines is 2. The van der Waals surface area contributed by atoms with Crippen LogP contribution in [0.15, 0.2) is 23.1 Å². The summed E-state index contributed by atoms with van der Waals surface area (Å²) in [4.78, 5) is 20.9. The molecule has 3 aromatic rings. The Labute approximate surface area is 176 Å². The summed E-state index contributed by atoms with van der Waals surface area (Å²) in [5, 5.41) is 0.297. The van der Waals surface area contributed by atoms with E-state index in [-0.39, 0.29) is 23.6 Å². The van der Waals surface area contributed by atoms with E-state index in [0.29, 0.717) is 11.5 Å². The first kappa shape index (κ1) is 22.5. The summed E-state index contributed by atoms with van der Waals surface area (Å²) in [5.74, 6) is -5.17. The lowest BCUT2D eigenvalue weighted by atomic mass is 10.0. The van der Waals surface area contributed by atoms with Crippen molar-refractivity contribution in [3.63, 3.8) is 0 Å². The molecule has 0 atom stereocenters. The van der Waals surface area contributed by atoms with Crippen molar-refractivity contribution in [1.29, 1.82) is 0 Å². The van der Waals surface area contributed by atoms with Crippen LogP contribution in [0, 0.1) is 17.5 Å². The maximum absolute atomic E-state index is 14.9. The van der Waals surface area contributed by atoms with Crippen LogP contribution in [0.25, 0.3) is 22.2 Å². The van der Waals surface area contributed by atoms with Crippen LogP contribution < -0.4 is 16.0 Å². The Balaban J connectivity index is 2.28.